The molecule has 0 bridgehead atoms. The van der Waals surface area contributed by atoms with E-state index in [-0.39, 0.29) is 11.9 Å². The number of rotatable bonds is 4. The summed E-state index contributed by atoms with van der Waals surface area (Å²) >= 11 is 0. The van der Waals surface area contributed by atoms with Crippen molar-refractivity contribution in [2.45, 2.75) is 59.1 Å². The number of nitrogens with one attached hydrogen (secondary N) is 1. The van der Waals surface area contributed by atoms with E-state index in [1.807, 2.05) is 31.2 Å². The molecule has 5 nitrogen and oxygen atoms in total. The van der Waals surface area contributed by atoms with Gasteiger partial charge in [-0.15, -0.1) is 0 Å². The lowest BCUT2D eigenvalue weighted by atomic mass is 9.78. The van der Waals surface area contributed by atoms with Crippen molar-refractivity contribution in [3.63, 3.8) is 0 Å². The zero-order valence-corrected chi connectivity index (χ0v) is 16.5. The number of ether oxygens (including phenoxy) is 1. The molecule has 0 unspecified atom stereocenters. The summed E-state index contributed by atoms with van der Waals surface area (Å²) in [6.07, 6.45) is 2.46. The Balaban J connectivity index is 1.70. The van der Waals surface area contributed by atoms with Crippen LogP contribution in [0.2, 0.25) is 0 Å². The maximum atomic E-state index is 12.7. The summed E-state index contributed by atoms with van der Waals surface area (Å²) in [7, 11) is 0. The van der Waals surface area contributed by atoms with Crippen LogP contribution >= 0.6 is 0 Å². The summed E-state index contributed by atoms with van der Waals surface area (Å²) in [5.41, 5.74) is 1.92. The Morgan fingerprint density at radius 2 is 1.96 bits per heavy atom. The predicted octanol–water partition coefficient (Wildman–Crippen LogP) is 4.03. The van der Waals surface area contributed by atoms with Crippen molar-refractivity contribution in [2.75, 3.05) is 0 Å². The molecular weight excluding hydrogens is 340 g/mol. The largest absolute Gasteiger partial charge is 0.449 e. The van der Waals surface area contributed by atoms with E-state index < -0.39 is 12.1 Å². The van der Waals surface area contributed by atoms with Crippen molar-refractivity contribution < 1.29 is 14.3 Å². The van der Waals surface area contributed by atoms with E-state index in [9.17, 15) is 9.59 Å². The molecule has 1 aliphatic rings. The molecule has 2 aromatic rings. The third-order valence-electron chi connectivity index (χ3n) is 5.75. The predicted molar refractivity (Wildman–Crippen MR) is 105 cm³/mol. The number of carbonyl (C=O) groups excluding carboxylic acids is 2. The van der Waals surface area contributed by atoms with Crippen LogP contribution in [0, 0.1) is 18.8 Å². The number of amides is 1. The Kier molecular flexibility index (Phi) is 5.78. The van der Waals surface area contributed by atoms with E-state index in [4.69, 9.17) is 4.74 Å². The molecule has 144 valence electrons. The normalized spacial score (nSPS) is 23.6. The van der Waals surface area contributed by atoms with Crippen LogP contribution in [0.4, 0.5) is 0 Å². The van der Waals surface area contributed by atoms with Crippen LogP contribution in [0.5, 0.6) is 0 Å². The molecule has 1 N–H and O–H groups in total. The van der Waals surface area contributed by atoms with Gasteiger partial charge in [-0.05, 0) is 44.2 Å². The number of benzene rings is 1. The summed E-state index contributed by atoms with van der Waals surface area (Å²) in [5.74, 6) is 0.291. The van der Waals surface area contributed by atoms with Gasteiger partial charge in [0.25, 0.3) is 5.91 Å². The second kappa shape index (κ2) is 8.07. The van der Waals surface area contributed by atoms with Crippen molar-refractivity contribution in [3.05, 3.63) is 41.6 Å². The number of nitrogens with zero attached hydrogens (tertiary/aromatic N) is 1. The summed E-state index contributed by atoms with van der Waals surface area (Å²) < 4.78 is 5.49. The van der Waals surface area contributed by atoms with Gasteiger partial charge in [-0.25, -0.2) is 4.79 Å². The third kappa shape index (κ3) is 4.29. The van der Waals surface area contributed by atoms with E-state index >= 15 is 0 Å². The van der Waals surface area contributed by atoms with Crippen LogP contribution < -0.4 is 5.32 Å². The summed E-state index contributed by atoms with van der Waals surface area (Å²) in [6.45, 7) is 7.87. The molecule has 27 heavy (non-hydrogen) atoms. The van der Waals surface area contributed by atoms with Gasteiger partial charge in [0.1, 0.15) is 0 Å². The van der Waals surface area contributed by atoms with Crippen LogP contribution in [0.1, 0.15) is 56.1 Å². The van der Waals surface area contributed by atoms with Gasteiger partial charge in [0.15, 0.2) is 6.10 Å². The summed E-state index contributed by atoms with van der Waals surface area (Å²) in [4.78, 5) is 29.7. The Bertz CT molecular complexity index is 849. The fourth-order valence-corrected chi connectivity index (χ4v) is 3.84. The molecule has 4 atom stereocenters. The number of carbonyl (C=O) groups is 2. The van der Waals surface area contributed by atoms with Gasteiger partial charge < -0.3 is 10.1 Å². The first-order chi connectivity index (χ1) is 12.9. The molecule has 1 aliphatic carbocycles. The summed E-state index contributed by atoms with van der Waals surface area (Å²) in [5, 5.41) is 3.81. The number of hydrogen-bond acceptors (Lipinski definition) is 4. The lowest BCUT2D eigenvalue weighted by Crippen LogP contribution is -2.47. The summed E-state index contributed by atoms with van der Waals surface area (Å²) in [6, 6.07) is 9.30. The minimum Gasteiger partial charge on any atom is -0.449 e. The second-order valence-corrected chi connectivity index (χ2v) is 7.76. The van der Waals surface area contributed by atoms with Crippen molar-refractivity contribution >= 4 is 22.8 Å². The van der Waals surface area contributed by atoms with Crippen LogP contribution in [0.3, 0.4) is 0 Å². The highest BCUT2D eigenvalue weighted by Gasteiger charge is 2.30. The Morgan fingerprint density at radius 3 is 2.74 bits per heavy atom. The SMILES string of the molecule is Cc1cc(C(=O)O[C@@H](C)C(=O)N[C@H]2CCC[C@H](C)[C@@H]2C)c2ccccc2n1. The van der Waals surface area contributed by atoms with Gasteiger partial charge in [-0.2, -0.15) is 0 Å². The molecule has 1 amide bonds. The number of aryl methyl sites for hydroxylation is 1. The zero-order chi connectivity index (χ0) is 19.6. The van der Waals surface area contributed by atoms with Crippen LogP contribution in [0.25, 0.3) is 10.9 Å². The van der Waals surface area contributed by atoms with E-state index in [0.29, 0.717) is 17.4 Å². The monoisotopic (exact) mass is 368 g/mol. The van der Waals surface area contributed by atoms with Crippen molar-refractivity contribution in [1.82, 2.24) is 10.3 Å². The number of aromatic nitrogens is 1. The Hall–Kier alpha value is -2.43. The quantitative estimate of drug-likeness (QED) is 0.828. The molecule has 1 fully saturated rings. The first-order valence-electron chi connectivity index (χ1n) is 9.74. The highest BCUT2D eigenvalue weighted by atomic mass is 16.5. The topological polar surface area (TPSA) is 68.3 Å². The first kappa shape index (κ1) is 19.3. The maximum Gasteiger partial charge on any atom is 0.339 e. The number of esters is 1. The molecule has 1 heterocycles. The average molecular weight is 368 g/mol. The zero-order valence-electron chi connectivity index (χ0n) is 16.5. The Morgan fingerprint density at radius 1 is 1.22 bits per heavy atom. The Labute approximate surface area is 160 Å². The molecule has 0 radical (unpaired) electrons. The first-order valence-corrected chi connectivity index (χ1v) is 9.74. The minimum absolute atomic E-state index is 0.145. The van der Waals surface area contributed by atoms with E-state index in [1.54, 1.807) is 13.0 Å². The van der Waals surface area contributed by atoms with Gasteiger partial charge in [0, 0.05) is 17.1 Å². The molecule has 1 saturated carbocycles. The highest BCUT2D eigenvalue weighted by Crippen LogP contribution is 2.29. The van der Waals surface area contributed by atoms with E-state index in [2.05, 4.69) is 24.1 Å². The standard InChI is InChI=1S/C22H28N2O3/c1-13-8-7-11-19(15(13)3)24-21(25)16(4)27-22(26)18-12-14(2)23-20-10-6-5-9-17(18)20/h5-6,9-10,12-13,15-16,19H,7-8,11H2,1-4H3,(H,24,25)/t13-,15-,16-,19-/m0/s1. The van der Waals surface area contributed by atoms with Crippen LogP contribution in [0.15, 0.2) is 30.3 Å². The third-order valence-corrected chi connectivity index (χ3v) is 5.75. The highest BCUT2D eigenvalue weighted by molar-refractivity contribution is 6.04. The number of hydrogen-bond donors (Lipinski definition) is 1. The van der Waals surface area contributed by atoms with Crippen molar-refractivity contribution in [3.8, 4) is 0 Å². The smallest absolute Gasteiger partial charge is 0.339 e. The molecule has 0 aliphatic heterocycles. The van der Waals surface area contributed by atoms with E-state index in [1.165, 1.54) is 6.42 Å². The molecular formula is C22H28N2O3. The van der Waals surface area contributed by atoms with Gasteiger partial charge in [0.05, 0.1) is 11.1 Å². The number of pyridine rings is 1. The number of fused-ring (bicyclic) bond motifs is 1. The minimum atomic E-state index is -0.839. The van der Waals surface area contributed by atoms with Gasteiger partial charge in [-0.3, -0.25) is 9.78 Å². The second-order valence-electron chi connectivity index (χ2n) is 7.76. The molecule has 1 aromatic carbocycles. The van der Waals surface area contributed by atoms with Crippen LogP contribution in [-0.4, -0.2) is 29.0 Å². The fraction of sp³-hybridized carbons (Fsp3) is 0.500. The van der Waals surface area contributed by atoms with Gasteiger partial charge >= 0.3 is 5.97 Å². The molecule has 1 aromatic heterocycles. The molecule has 3 rings (SSSR count). The van der Waals surface area contributed by atoms with Gasteiger partial charge in [0.2, 0.25) is 0 Å². The molecule has 5 heteroatoms. The van der Waals surface area contributed by atoms with Crippen LogP contribution in [-0.2, 0) is 9.53 Å². The number of para-hydroxylation sites is 1. The average Bonchev–Trinajstić information content (AvgIpc) is 2.64. The van der Waals surface area contributed by atoms with Crippen molar-refractivity contribution in [2.24, 2.45) is 11.8 Å². The lowest BCUT2D eigenvalue weighted by molar-refractivity contribution is -0.130. The lowest BCUT2D eigenvalue weighted by Gasteiger charge is -2.35. The molecule has 0 spiro atoms. The van der Waals surface area contributed by atoms with Crippen molar-refractivity contribution in [1.29, 1.82) is 0 Å². The molecule has 0 saturated heterocycles. The van der Waals surface area contributed by atoms with E-state index in [0.717, 1.165) is 29.4 Å². The fourth-order valence-electron chi connectivity index (χ4n) is 3.84. The maximum absolute atomic E-state index is 12.7. The van der Waals surface area contributed by atoms with Gasteiger partial charge in [-0.1, -0.05) is 44.9 Å².